The van der Waals surface area contributed by atoms with Crippen molar-refractivity contribution in [1.29, 1.82) is 0 Å². The Morgan fingerprint density at radius 2 is 1.71 bits per heavy atom. The van der Waals surface area contributed by atoms with Crippen molar-refractivity contribution in [2.75, 3.05) is 0 Å². The average molecular weight is 208 g/mol. The van der Waals surface area contributed by atoms with Crippen molar-refractivity contribution in [3.63, 3.8) is 0 Å². The summed E-state index contributed by atoms with van der Waals surface area (Å²) >= 11 is 0. The topological polar surface area (TPSA) is 74.6 Å². The second-order valence-electron chi connectivity index (χ2n) is 2.64. The van der Waals surface area contributed by atoms with Gasteiger partial charge in [0.25, 0.3) is 0 Å². The lowest BCUT2D eigenvalue weighted by Crippen LogP contribution is -2.03. The molecular formula is C9H8O4Si. The van der Waals surface area contributed by atoms with Crippen LogP contribution in [0, 0.1) is 6.92 Å². The second kappa shape index (κ2) is 4.57. The Balaban J connectivity index is 0.00000169. The average Bonchev–Trinajstić information content (AvgIpc) is 2.04. The minimum absolute atomic E-state index is 0. The summed E-state index contributed by atoms with van der Waals surface area (Å²) in [6.07, 6.45) is 0. The number of rotatable bonds is 2. The second-order valence-corrected chi connectivity index (χ2v) is 2.64. The molecule has 5 heteroatoms. The molecule has 0 saturated heterocycles. The molecular weight excluding hydrogens is 200 g/mol. The summed E-state index contributed by atoms with van der Waals surface area (Å²) in [6.45, 7) is 1.62. The number of aromatic carboxylic acids is 2. The van der Waals surface area contributed by atoms with Crippen LogP contribution in [-0.4, -0.2) is 33.1 Å². The van der Waals surface area contributed by atoms with Crippen molar-refractivity contribution in [3.05, 3.63) is 34.9 Å². The maximum Gasteiger partial charge on any atom is 0.335 e. The molecule has 4 nitrogen and oxygen atoms in total. The molecule has 0 bridgehead atoms. The molecule has 14 heavy (non-hydrogen) atoms. The largest absolute Gasteiger partial charge is 0.478 e. The van der Waals surface area contributed by atoms with E-state index >= 15 is 0 Å². The number of benzene rings is 1. The Morgan fingerprint density at radius 1 is 1.14 bits per heavy atom. The molecule has 0 aromatic heterocycles. The molecule has 72 valence electrons. The van der Waals surface area contributed by atoms with Crippen molar-refractivity contribution in [2.45, 2.75) is 6.92 Å². The molecule has 0 atom stereocenters. The van der Waals surface area contributed by atoms with Gasteiger partial charge in [0.05, 0.1) is 11.1 Å². The highest BCUT2D eigenvalue weighted by atomic mass is 28.1. The SMILES string of the molecule is Cc1ccc(C(=O)O)cc1C(=O)O.[Si]. The monoisotopic (exact) mass is 208 g/mol. The predicted molar refractivity (Wildman–Crippen MR) is 50.9 cm³/mol. The Bertz CT molecular complexity index is 373. The Morgan fingerprint density at radius 3 is 2.14 bits per heavy atom. The van der Waals surface area contributed by atoms with Crippen LogP contribution in [0.15, 0.2) is 18.2 Å². The van der Waals surface area contributed by atoms with E-state index < -0.39 is 11.9 Å². The summed E-state index contributed by atoms with van der Waals surface area (Å²) in [5.74, 6) is -2.23. The maximum atomic E-state index is 10.6. The van der Waals surface area contributed by atoms with Gasteiger partial charge >= 0.3 is 11.9 Å². The molecule has 4 radical (unpaired) electrons. The van der Waals surface area contributed by atoms with Crippen LogP contribution >= 0.6 is 0 Å². The number of hydrogen-bond acceptors (Lipinski definition) is 2. The first-order valence-electron chi connectivity index (χ1n) is 3.59. The molecule has 0 amide bonds. The number of carboxylic acid groups (broad SMARTS) is 2. The van der Waals surface area contributed by atoms with Gasteiger partial charge in [-0.15, -0.1) is 0 Å². The smallest absolute Gasteiger partial charge is 0.335 e. The molecule has 0 saturated carbocycles. The van der Waals surface area contributed by atoms with E-state index in [1.165, 1.54) is 12.1 Å². The van der Waals surface area contributed by atoms with Crippen LogP contribution < -0.4 is 0 Å². The van der Waals surface area contributed by atoms with Crippen LogP contribution in [0.3, 0.4) is 0 Å². The summed E-state index contributed by atoms with van der Waals surface area (Å²) in [4.78, 5) is 21.1. The van der Waals surface area contributed by atoms with Crippen molar-refractivity contribution in [1.82, 2.24) is 0 Å². The van der Waals surface area contributed by atoms with Gasteiger partial charge in [-0.2, -0.15) is 0 Å². The van der Waals surface area contributed by atoms with Gasteiger partial charge in [-0.3, -0.25) is 0 Å². The van der Waals surface area contributed by atoms with Crippen molar-refractivity contribution >= 4 is 22.9 Å². The molecule has 0 aliphatic carbocycles. The lowest BCUT2D eigenvalue weighted by Gasteiger charge is -2.01. The number of carboxylic acids is 2. The maximum absolute atomic E-state index is 10.6. The van der Waals surface area contributed by atoms with E-state index in [0.717, 1.165) is 6.07 Å². The van der Waals surface area contributed by atoms with Gasteiger partial charge in [-0.25, -0.2) is 9.59 Å². The van der Waals surface area contributed by atoms with E-state index in [2.05, 4.69) is 0 Å². The van der Waals surface area contributed by atoms with Crippen LogP contribution in [0.2, 0.25) is 0 Å². The fourth-order valence-corrected chi connectivity index (χ4v) is 0.985. The summed E-state index contributed by atoms with van der Waals surface area (Å²) < 4.78 is 0. The van der Waals surface area contributed by atoms with Crippen LogP contribution in [0.25, 0.3) is 0 Å². The third kappa shape index (κ3) is 2.43. The van der Waals surface area contributed by atoms with E-state index in [0.29, 0.717) is 5.56 Å². The zero-order valence-corrected chi connectivity index (χ0v) is 8.44. The van der Waals surface area contributed by atoms with E-state index in [1.54, 1.807) is 6.92 Å². The van der Waals surface area contributed by atoms with Crippen LogP contribution in [0.1, 0.15) is 26.3 Å². The summed E-state index contributed by atoms with van der Waals surface area (Å²) in [5, 5.41) is 17.3. The van der Waals surface area contributed by atoms with Gasteiger partial charge < -0.3 is 10.2 Å². The molecule has 0 aliphatic heterocycles. The van der Waals surface area contributed by atoms with Crippen molar-refractivity contribution in [3.8, 4) is 0 Å². The molecule has 1 aromatic carbocycles. The highest BCUT2D eigenvalue weighted by molar-refractivity contribution is 5.94. The molecule has 0 unspecified atom stereocenters. The molecule has 0 aliphatic rings. The lowest BCUT2D eigenvalue weighted by molar-refractivity contribution is 0.0695. The third-order valence-corrected chi connectivity index (χ3v) is 1.71. The Labute approximate surface area is 85.2 Å². The van der Waals surface area contributed by atoms with E-state index in [-0.39, 0.29) is 22.1 Å². The van der Waals surface area contributed by atoms with E-state index in [1.807, 2.05) is 0 Å². The summed E-state index contributed by atoms with van der Waals surface area (Å²) in [5.41, 5.74) is 0.570. The van der Waals surface area contributed by atoms with Gasteiger partial charge in [0.1, 0.15) is 0 Å². The van der Waals surface area contributed by atoms with Crippen LogP contribution in [0.4, 0.5) is 0 Å². The highest BCUT2D eigenvalue weighted by Crippen LogP contribution is 2.10. The fraction of sp³-hybridized carbons (Fsp3) is 0.111. The fourth-order valence-electron chi connectivity index (χ4n) is 0.985. The van der Waals surface area contributed by atoms with Gasteiger partial charge in [-0.05, 0) is 24.6 Å². The van der Waals surface area contributed by atoms with E-state index in [9.17, 15) is 9.59 Å². The molecule has 0 spiro atoms. The quantitative estimate of drug-likeness (QED) is 0.711. The predicted octanol–water partition coefficient (Wildman–Crippen LogP) is 1.01. The Kier molecular flexibility index (Phi) is 4.04. The summed E-state index contributed by atoms with van der Waals surface area (Å²) in [6, 6.07) is 4.01. The highest BCUT2D eigenvalue weighted by Gasteiger charge is 2.10. The van der Waals surface area contributed by atoms with Crippen LogP contribution in [-0.2, 0) is 0 Å². The number of hydrogen-bond donors (Lipinski definition) is 2. The minimum Gasteiger partial charge on any atom is -0.478 e. The normalized spacial score (nSPS) is 8.93. The van der Waals surface area contributed by atoms with Crippen molar-refractivity contribution < 1.29 is 19.8 Å². The molecule has 0 heterocycles. The minimum atomic E-state index is -1.12. The standard InChI is InChI=1S/C9H8O4.Si/c1-5-2-3-6(8(10)11)4-7(5)9(12)13;/h2-4H,1H3,(H,10,11)(H,12,13);. The first-order valence-corrected chi connectivity index (χ1v) is 3.59. The van der Waals surface area contributed by atoms with E-state index in [4.69, 9.17) is 10.2 Å². The number of aryl methyl sites for hydroxylation is 1. The number of carbonyl (C=O) groups is 2. The van der Waals surface area contributed by atoms with Gasteiger partial charge in [-0.1, -0.05) is 6.07 Å². The molecule has 1 rings (SSSR count). The summed E-state index contributed by atoms with van der Waals surface area (Å²) in [7, 11) is 0. The van der Waals surface area contributed by atoms with Gasteiger partial charge in [0.15, 0.2) is 0 Å². The molecule has 0 fully saturated rings. The van der Waals surface area contributed by atoms with Gasteiger partial charge in [0.2, 0.25) is 0 Å². The molecule has 1 aromatic rings. The van der Waals surface area contributed by atoms with Crippen molar-refractivity contribution in [2.24, 2.45) is 0 Å². The first kappa shape index (κ1) is 12.4. The zero-order chi connectivity index (χ0) is 10.0. The third-order valence-electron chi connectivity index (χ3n) is 1.71. The Hall–Kier alpha value is -1.62. The first-order chi connectivity index (χ1) is 6.02. The molecule has 2 N–H and O–H groups in total. The zero-order valence-electron chi connectivity index (χ0n) is 7.44. The van der Waals surface area contributed by atoms with Crippen LogP contribution in [0.5, 0.6) is 0 Å². The lowest BCUT2D eigenvalue weighted by atomic mass is 10.1. The van der Waals surface area contributed by atoms with Gasteiger partial charge in [0, 0.05) is 11.0 Å².